The Bertz CT molecular complexity index is 630. The Morgan fingerprint density at radius 1 is 1.34 bits per heavy atom. The number of rotatable bonds is 8. The third kappa shape index (κ3) is 8.67. The fraction of sp³-hybridized carbons (Fsp3) is 0.778. The van der Waals surface area contributed by atoms with E-state index in [1.54, 1.807) is 7.11 Å². The summed E-state index contributed by atoms with van der Waals surface area (Å²) in [6.07, 6.45) is -0.149. The van der Waals surface area contributed by atoms with Gasteiger partial charge in [0.1, 0.15) is 0 Å². The van der Waals surface area contributed by atoms with Gasteiger partial charge in [-0.3, -0.25) is 4.68 Å². The maximum atomic E-state index is 13.1. The summed E-state index contributed by atoms with van der Waals surface area (Å²) in [5, 5.41) is 10.0. The molecule has 0 atom stereocenters. The first-order valence-corrected chi connectivity index (χ1v) is 9.69. The number of aromatic nitrogens is 2. The van der Waals surface area contributed by atoms with E-state index >= 15 is 0 Å². The van der Waals surface area contributed by atoms with Crippen LogP contribution in [0.5, 0.6) is 0 Å². The number of nitrogens with one attached hydrogen (secondary N) is 2. The number of ether oxygens (including phenoxy) is 1. The van der Waals surface area contributed by atoms with Crippen LogP contribution in [-0.2, 0) is 24.5 Å². The third-order valence-electron chi connectivity index (χ3n) is 4.68. The summed E-state index contributed by atoms with van der Waals surface area (Å²) in [7, 11) is 3.19. The van der Waals surface area contributed by atoms with Gasteiger partial charge in [-0.15, -0.1) is 24.0 Å². The van der Waals surface area contributed by atoms with Crippen molar-refractivity contribution in [3.05, 3.63) is 17.5 Å². The zero-order chi connectivity index (χ0) is 20.6. The van der Waals surface area contributed by atoms with Crippen LogP contribution in [0, 0.1) is 0 Å². The van der Waals surface area contributed by atoms with Crippen LogP contribution in [0.3, 0.4) is 0 Å². The number of guanidine groups is 1. The van der Waals surface area contributed by atoms with Gasteiger partial charge in [0.05, 0.1) is 6.54 Å². The molecule has 7 nitrogen and oxygen atoms in total. The Kier molecular flexibility index (Phi) is 11.3. The number of halogens is 4. The minimum Gasteiger partial charge on any atom is -0.385 e. The largest absolute Gasteiger partial charge is 0.435 e. The van der Waals surface area contributed by atoms with Crippen LogP contribution >= 0.6 is 24.0 Å². The lowest BCUT2D eigenvalue weighted by Crippen LogP contribution is -2.48. The second-order valence-electron chi connectivity index (χ2n) is 6.98. The van der Waals surface area contributed by atoms with Gasteiger partial charge in [-0.2, -0.15) is 18.3 Å². The van der Waals surface area contributed by atoms with E-state index in [9.17, 15) is 13.2 Å². The summed E-state index contributed by atoms with van der Waals surface area (Å²) in [4.78, 5) is 6.77. The normalized spacial score (nSPS) is 16.6. The van der Waals surface area contributed by atoms with Gasteiger partial charge in [-0.1, -0.05) is 0 Å². The van der Waals surface area contributed by atoms with Crippen molar-refractivity contribution in [2.45, 2.75) is 44.9 Å². The molecule has 2 heterocycles. The van der Waals surface area contributed by atoms with Gasteiger partial charge in [0, 0.05) is 64.7 Å². The lowest BCUT2D eigenvalue weighted by atomic mass is 10.1. The van der Waals surface area contributed by atoms with Crippen molar-refractivity contribution >= 4 is 29.9 Å². The number of likely N-dealkylation sites (tertiary alicyclic amines) is 1. The summed E-state index contributed by atoms with van der Waals surface area (Å²) in [6, 6.07) is 0.257. The maximum absolute atomic E-state index is 13.1. The Morgan fingerprint density at radius 2 is 2.03 bits per heavy atom. The zero-order valence-corrected chi connectivity index (χ0v) is 19.6. The van der Waals surface area contributed by atoms with Crippen LogP contribution in [0.15, 0.2) is 11.2 Å². The smallest absolute Gasteiger partial charge is 0.385 e. The second kappa shape index (κ2) is 12.6. The van der Waals surface area contributed by atoms with E-state index in [1.807, 2.05) is 6.92 Å². The minimum absolute atomic E-state index is 0. The van der Waals surface area contributed by atoms with E-state index in [4.69, 9.17) is 4.74 Å². The minimum atomic E-state index is -4.48. The standard InChI is InChI=1S/C18H31F3N6O.HI/c1-4-22-17(23-12-14-13-26(2)25-16(14)18(19,20)21)24-15-6-9-27(10-7-15)8-5-11-28-3;/h13,15H,4-12H2,1-3H3,(H2,22,23,24);1H. The molecule has 29 heavy (non-hydrogen) atoms. The number of hydrogen-bond donors (Lipinski definition) is 2. The molecule has 1 fully saturated rings. The van der Waals surface area contributed by atoms with Gasteiger partial charge in [-0.05, 0) is 26.2 Å². The number of piperidine rings is 1. The van der Waals surface area contributed by atoms with E-state index in [2.05, 4.69) is 25.6 Å². The SMILES string of the molecule is CCNC(=NCc1cn(C)nc1C(F)(F)F)NC1CCN(CCCOC)CC1.I. The van der Waals surface area contributed by atoms with Crippen molar-refractivity contribution in [3.8, 4) is 0 Å². The molecule has 0 amide bonds. The number of hydrogen-bond acceptors (Lipinski definition) is 4. The molecule has 1 aliphatic heterocycles. The molecule has 2 N–H and O–H groups in total. The lowest BCUT2D eigenvalue weighted by molar-refractivity contribution is -0.142. The second-order valence-corrected chi connectivity index (χ2v) is 6.98. The Labute approximate surface area is 187 Å². The molecule has 2 rings (SSSR count). The summed E-state index contributed by atoms with van der Waals surface area (Å²) in [5.41, 5.74) is -0.806. The molecular weight excluding hydrogens is 500 g/mol. The van der Waals surface area contributed by atoms with Crippen LogP contribution < -0.4 is 10.6 Å². The summed E-state index contributed by atoms with van der Waals surface area (Å²) >= 11 is 0. The quantitative estimate of drug-likeness (QED) is 0.233. The molecule has 0 bridgehead atoms. The molecule has 11 heteroatoms. The molecule has 0 aliphatic carbocycles. The van der Waals surface area contributed by atoms with E-state index in [-0.39, 0.29) is 42.1 Å². The summed E-state index contributed by atoms with van der Waals surface area (Å²) in [5.74, 6) is 0.539. The number of methoxy groups -OCH3 is 1. The van der Waals surface area contributed by atoms with Gasteiger partial charge in [0.15, 0.2) is 11.7 Å². The number of nitrogens with zero attached hydrogens (tertiary/aromatic N) is 4. The van der Waals surface area contributed by atoms with Crippen molar-refractivity contribution in [2.75, 3.05) is 39.9 Å². The topological polar surface area (TPSA) is 66.7 Å². The summed E-state index contributed by atoms with van der Waals surface area (Å²) < 4.78 is 45.5. The van der Waals surface area contributed by atoms with Gasteiger partial charge < -0.3 is 20.3 Å². The molecule has 168 valence electrons. The van der Waals surface area contributed by atoms with E-state index in [1.165, 1.54) is 17.9 Å². The first-order valence-electron chi connectivity index (χ1n) is 9.69. The van der Waals surface area contributed by atoms with E-state index in [0.29, 0.717) is 12.5 Å². The highest BCUT2D eigenvalue weighted by Gasteiger charge is 2.36. The van der Waals surface area contributed by atoms with Gasteiger partial charge in [0.25, 0.3) is 0 Å². The van der Waals surface area contributed by atoms with E-state index in [0.717, 1.165) is 45.5 Å². The molecule has 1 aromatic rings. The van der Waals surface area contributed by atoms with Crippen LogP contribution in [0.2, 0.25) is 0 Å². The molecule has 1 aliphatic rings. The van der Waals surface area contributed by atoms with Gasteiger partial charge in [0.2, 0.25) is 0 Å². The Hall–Kier alpha value is -1.08. The number of aliphatic imine (C=N–C) groups is 1. The fourth-order valence-corrected chi connectivity index (χ4v) is 3.30. The van der Waals surface area contributed by atoms with Crippen molar-refractivity contribution in [1.82, 2.24) is 25.3 Å². The zero-order valence-electron chi connectivity index (χ0n) is 17.3. The van der Waals surface area contributed by atoms with Crippen LogP contribution in [0.1, 0.15) is 37.4 Å². The predicted molar refractivity (Wildman–Crippen MR) is 118 cm³/mol. The van der Waals surface area contributed by atoms with Crippen LogP contribution in [0.25, 0.3) is 0 Å². The van der Waals surface area contributed by atoms with Crippen molar-refractivity contribution in [2.24, 2.45) is 12.0 Å². The van der Waals surface area contributed by atoms with Gasteiger partial charge >= 0.3 is 6.18 Å². The molecule has 1 aromatic heterocycles. The molecule has 0 radical (unpaired) electrons. The molecule has 1 saturated heterocycles. The predicted octanol–water partition coefficient (Wildman–Crippen LogP) is 2.61. The Balaban J connectivity index is 0.00000420. The van der Waals surface area contributed by atoms with Crippen molar-refractivity contribution in [3.63, 3.8) is 0 Å². The molecule has 0 saturated carbocycles. The van der Waals surface area contributed by atoms with Crippen LogP contribution in [-0.4, -0.2) is 66.6 Å². The average molecular weight is 532 g/mol. The summed E-state index contributed by atoms with van der Waals surface area (Å²) in [6.45, 7) is 6.26. The first kappa shape index (κ1) is 26.0. The monoisotopic (exact) mass is 532 g/mol. The highest BCUT2D eigenvalue weighted by molar-refractivity contribution is 14.0. The maximum Gasteiger partial charge on any atom is 0.435 e. The molecule has 0 spiro atoms. The Morgan fingerprint density at radius 3 is 2.62 bits per heavy atom. The molecule has 0 unspecified atom stereocenters. The lowest BCUT2D eigenvalue weighted by Gasteiger charge is -2.33. The molecule has 0 aromatic carbocycles. The van der Waals surface area contributed by atoms with E-state index < -0.39 is 11.9 Å². The third-order valence-corrected chi connectivity index (χ3v) is 4.68. The molecular formula is C18H32F3IN6O. The fourth-order valence-electron chi connectivity index (χ4n) is 3.30. The van der Waals surface area contributed by atoms with Gasteiger partial charge in [-0.25, -0.2) is 4.99 Å². The highest BCUT2D eigenvalue weighted by atomic mass is 127. The number of aryl methyl sites for hydroxylation is 1. The van der Waals surface area contributed by atoms with Crippen molar-refractivity contribution < 1.29 is 17.9 Å². The average Bonchev–Trinajstić information content (AvgIpc) is 3.03. The highest BCUT2D eigenvalue weighted by Crippen LogP contribution is 2.30. The van der Waals surface area contributed by atoms with Crippen molar-refractivity contribution in [1.29, 1.82) is 0 Å². The first-order chi connectivity index (χ1) is 13.3. The van der Waals surface area contributed by atoms with Crippen LogP contribution in [0.4, 0.5) is 13.2 Å². The number of alkyl halides is 3.